The molecule has 0 aromatic heterocycles. The smallest absolute Gasteiger partial charge is 0.0103 e. The summed E-state index contributed by atoms with van der Waals surface area (Å²) < 4.78 is 0. The molecule has 0 unspecified atom stereocenters. The fourth-order valence-corrected chi connectivity index (χ4v) is 0.935. The van der Waals surface area contributed by atoms with Crippen LogP contribution in [0.3, 0.4) is 0 Å². The molecule has 0 aliphatic heterocycles. The van der Waals surface area contributed by atoms with Gasteiger partial charge in [0.25, 0.3) is 0 Å². The highest BCUT2D eigenvalue weighted by Gasteiger charge is 2.02. The van der Waals surface area contributed by atoms with Crippen LogP contribution in [0.1, 0.15) is 34.1 Å². The summed E-state index contributed by atoms with van der Waals surface area (Å²) in [5, 5.41) is 0. The van der Waals surface area contributed by atoms with Crippen molar-refractivity contribution >= 4 is 0 Å². The van der Waals surface area contributed by atoms with Crippen molar-refractivity contribution in [3.05, 3.63) is 48.6 Å². The van der Waals surface area contributed by atoms with E-state index in [4.69, 9.17) is 0 Å². The lowest BCUT2D eigenvalue weighted by atomic mass is 9.95. The van der Waals surface area contributed by atoms with Crippen LogP contribution >= 0.6 is 0 Å². The molecule has 0 aromatic carbocycles. The van der Waals surface area contributed by atoms with Gasteiger partial charge < -0.3 is 0 Å². The van der Waals surface area contributed by atoms with E-state index in [1.807, 2.05) is 31.2 Å². The van der Waals surface area contributed by atoms with Gasteiger partial charge in [0.05, 0.1) is 0 Å². The molecule has 0 N–H and O–H groups in total. The molecular weight excluding hydrogens is 168 g/mol. The van der Waals surface area contributed by atoms with Crippen LogP contribution in [0.4, 0.5) is 0 Å². The van der Waals surface area contributed by atoms with Crippen molar-refractivity contribution in [2.24, 2.45) is 5.41 Å². The van der Waals surface area contributed by atoms with Crippen molar-refractivity contribution in [2.45, 2.75) is 34.1 Å². The van der Waals surface area contributed by atoms with Crippen molar-refractivity contribution in [3.8, 4) is 0 Å². The minimum absolute atomic E-state index is 0.271. The molecule has 0 rings (SSSR count). The van der Waals surface area contributed by atoms with Crippen LogP contribution in [0, 0.1) is 5.41 Å². The normalized spacial score (nSPS) is 13.4. The van der Waals surface area contributed by atoms with E-state index in [9.17, 15) is 0 Å². The summed E-state index contributed by atoms with van der Waals surface area (Å²) in [5.41, 5.74) is 1.41. The van der Waals surface area contributed by atoms with E-state index in [0.717, 1.165) is 12.0 Å². The third-order valence-corrected chi connectivity index (χ3v) is 1.63. The number of rotatable bonds is 4. The van der Waals surface area contributed by atoms with E-state index in [2.05, 4.69) is 39.5 Å². The maximum absolute atomic E-state index is 3.97. The summed E-state index contributed by atoms with van der Waals surface area (Å²) in [6, 6.07) is 0. The van der Waals surface area contributed by atoms with Gasteiger partial charge in [-0.25, -0.2) is 0 Å². The summed E-state index contributed by atoms with van der Waals surface area (Å²) in [4.78, 5) is 0. The van der Waals surface area contributed by atoms with E-state index in [1.54, 1.807) is 0 Å². The van der Waals surface area contributed by atoms with Crippen molar-refractivity contribution in [1.29, 1.82) is 0 Å². The summed E-state index contributed by atoms with van der Waals surface area (Å²) >= 11 is 0. The molecule has 0 amide bonds. The second kappa shape index (κ2) is 6.42. The van der Waals surface area contributed by atoms with Crippen LogP contribution in [0.25, 0.3) is 0 Å². The molecule has 0 aliphatic carbocycles. The Morgan fingerprint density at radius 1 is 1.21 bits per heavy atom. The van der Waals surface area contributed by atoms with Gasteiger partial charge in [-0.2, -0.15) is 0 Å². The van der Waals surface area contributed by atoms with Crippen molar-refractivity contribution in [3.63, 3.8) is 0 Å². The number of allylic oxidation sites excluding steroid dienone is 7. The van der Waals surface area contributed by atoms with E-state index >= 15 is 0 Å². The highest BCUT2D eigenvalue weighted by Crippen LogP contribution is 2.15. The van der Waals surface area contributed by atoms with Gasteiger partial charge in [-0.05, 0) is 18.8 Å². The molecule has 0 aliphatic rings. The molecule has 0 radical (unpaired) electrons. The second-order valence-corrected chi connectivity index (χ2v) is 4.52. The van der Waals surface area contributed by atoms with Gasteiger partial charge in [0.15, 0.2) is 0 Å². The van der Waals surface area contributed by atoms with Crippen LogP contribution in [-0.4, -0.2) is 0 Å². The number of hydrogen-bond acceptors (Lipinski definition) is 0. The zero-order valence-corrected chi connectivity index (χ0v) is 9.88. The highest BCUT2D eigenvalue weighted by molar-refractivity contribution is 5.21. The Morgan fingerprint density at radius 3 is 2.36 bits per heavy atom. The molecule has 0 aromatic rings. The van der Waals surface area contributed by atoms with Gasteiger partial charge in [0.2, 0.25) is 0 Å². The van der Waals surface area contributed by atoms with Gasteiger partial charge in [0, 0.05) is 0 Å². The minimum Gasteiger partial charge on any atom is -0.0955 e. The Labute approximate surface area is 88.7 Å². The zero-order valence-electron chi connectivity index (χ0n) is 9.88. The monoisotopic (exact) mass is 190 g/mol. The summed E-state index contributed by atoms with van der Waals surface area (Å²) in [6.45, 7) is 12.6. The van der Waals surface area contributed by atoms with Gasteiger partial charge >= 0.3 is 0 Å². The minimum atomic E-state index is 0.271. The molecule has 0 fully saturated rings. The Bertz CT molecular complexity index is 244. The van der Waals surface area contributed by atoms with E-state index < -0.39 is 0 Å². The molecule has 0 nitrogen and oxygen atoms in total. The first kappa shape index (κ1) is 13.0. The molecule has 78 valence electrons. The largest absolute Gasteiger partial charge is 0.0955 e. The standard InChI is InChI=1S/C14H22/c1-6-7-8-10-13(2)11-9-12-14(3,4)5/h6-10,12H,2,11H2,1,3-5H3/b7-6-,10-8-,12-9+. The van der Waals surface area contributed by atoms with Gasteiger partial charge in [0.1, 0.15) is 0 Å². The third-order valence-electron chi connectivity index (χ3n) is 1.63. The van der Waals surface area contributed by atoms with Crippen molar-refractivity contribution < 1.29 is 0 Å². The van der Waals surface area contributed by atoms with E-state index in [-0.39, 0.29) is 5.41 Å². The van der Waals surface area contributed by atoms with Crippen molar-refractivity contribution in [1.82, 2.24) is 0 Å². The Morgan fingerprint density at radius 2 is 1.86 bits per heavy atom. The lowest BCUT2D eigenvalue weighted by Crippen LogP contribution is -1.98. The Balaban J connectivity index is 3.92. The summed E-state index contributed by atoms with van der Waals surface area (Å²) in [6.07, 6.45) is 13.4. The van der Waals surface area contributed by atoms with Crippen LogP contribution in [0.15, 0.2) is 48.6 Å². The van der Waals surface area contributed by atoms with E-state index in [1.165, 1.54) is 0 Å². The molecule has 0 heteroatoms. The lowest BCUT2D eigenvalue weighted by molar-refractivity contribution is 0.543. The van der Waals surface area contributed by atoms with E-state index in [0.29, 0.717) is 0 Å². The SMILES string of the molecule is C=C(/C=C\C=C/C)C/C=C/C(C)(C)C. The predicted octanol–water partition coefficient (Wildman–Crippen LogP) is 4.67. The van der Waals surface area contributed by atoms with Crippen LogP contribution in [-0.2, 0) is 0 Å². The summed E-state index contributed by atoms with van der Waals surface area (Å²) in [7, 11) is 0. The molecule has 0 saturated heterocycles. The fraction of sp³-hybridized carbons (Fsp3) is 0.429. The first-order valence-corrected chi connectivity index (χ1v) is 5.10. The Hall–Kier alpha value is -1.04. The maximum atomic E-state index is 3.97. The fourth-order valence-electron chi connectivity index (χ4n) is 0.935. The number of hydrogen-bond donors (Lipinski definition) is 0. The molecule has 0 saturated carbocycles. The first-order chi connectivity index (χ1) is 6.45. The molecule has 0 heterocycles. The van der Waals surface area contributed by atoms with Crippen LogP contribution in [0.5, 0.6) is 0 Å². The average Bonchev–Trinajstić information content (AvgIpc) is 2.02. The zero-order chi connectivity index (χ0) is 11.0. The summed E-state index contributed by atoms with van der Waals surface area (Å²) in [5.74, 6) is 0. The third kappa shape index (κ3) is 9.05. The van der Waals surface area contributed by atoms with Crippen LogP contribution in [0.2, 0.25) is 0 Å². The lowest BCUT2D eigenvalue weighted by Gasteiger charge is -2.10. The van der Waals surface area contributed by atoms with Gasteiger partial charge in [-0.15, -0.1) is 0 Å². The average molecular weight is 190 g/mol. The van der Waals surface area contributed by atoms with Crippen LogP contribution < -0.4 is 0 Å². The maximum Gasteiger partial charge on any atom is -0.0103 e. The van der Waals surface area contributed by atoms with Gasteiger partial charge in [-0.1, -0.05) is 69.4 Å². The quantitative estimate of drug-likeness (QED) is 0.446. The molecule has 0 spiro atoms. The molecule has 14 heavy (non-hydrogen) atoms. The molecule has 0 atom stereocenters. The molecule has 0 bridgehead atoms. The molecular formula is C14H22. The Kier molecular flexibility index (Phi) is 5.94. The predicted molar refractivity (Wildman–Crippen MR) is 66.3 cm³/mol. The highest BCUT2D eigenvalue weighted by atomic mass is 14.1. The van der Waals surface area contributed by atoms with Crippen molar-refractivity contribution in [2.75, 3.05) is 0 Å². The topological polar surface area (TPSA) is 0 Å². The first-order valence-electron chi connectivity index (χ1n) is 5.10. The van der Waals surface area contributed by atoms with Gasteiger partial charge in [-0.3, -0.25) is 0 Å². The second-order valence-electron chi connectivity index (χ2n) is 4.52.